The van der Waals surface area contributed by atoms with Crippen LogP contribution < -0.4 is 0 Å². The maximum atomic E-state index is 11.5. The molecule has 0 saturated heterocycles. The maximum Gasteiger partial charge on any atom is 0.302 e. The van der Waals surface area contributed by atoms with E-state index >= 15 is 0 Å². The van der Waals surface area contributed by atoms with Gasteiger partial charge in [0.05, 0.1) is 0 Å². The van der Waals surface area contributed by atoms with E-state index in [0.29, 0.717) is 16.7 Å². The van der Waals surface area contributed by atoms with E-state index in [4.69, 9.17) is 4.74 Å². The minimum Gasteiger partial charge on any atom is -0.463 e. The van der Waals surface area contributed by atoms with Crippen LogP contribution in [0, 0.1) is 52.3 Å². The number of hydrogen-bond donors (Lipinski definition) is 0. The number of hydrogen-bond acceptors (Lipinski definition) is 2. The quantitative estimate of drug-likeness (QED) is 0.306. The van der Waals surface area contributed by atoms with Gasteiger partial charge in [-0.25, -0.2) is 0 Å². The predicted molar refractivity (Wildman–Crippen MR) is 133 cm³/mol. The molecular weight excluding hydrogens is 392 g/mol. The van der Waals surface area contributed by atoms with Gasteiger partial charge >= 0.3 is 5.97 Å². The topological polar surface area (TPSA) is 26.3 Å². The summed E-state index contributed by atoms with van der Waals surface area (Å²) in [5.41, 5.74) is 2.79. The molecule has 4 rings (SSSR count). The molecule has 3 saturated carbocycles. The summed E-state index contributed by atoms with van der Waals surface area (Å²) in [6, 6.07) is 0. The van der Waals surface area contributed by atoms with Gasteiger partial charge in [0.1, 0.15) is 6.10 Å². The molecule has 7 unspecified atom stereocenters. The molecule has 3 fully saturated rings. The molecule has 0 amide bonds. The van der Waals surface area contributed by atoms with Crippen LogP contribution in [0.25, 0.3) is 0 Å². The van der Waals surface area contributed by atoms with E-state index in [1.807, 2.05) is 5.57 Å². The fourth-order valence-corrected chi connectivity index (χ4v) is 8.85. The van der Waals surface area contributed by atoms with Gasteiger partial charge in [0.2, 0.25) is 0 Å². The van der Waals surface area contributed by atoms with Crippen LogP contribution >= 0.6 is 0 Å². The normalized spacial score (nSPS) is 43.0. The lowest BCUT2D eigenvalue weighted by Crippen LogP contribution is -2.50. The lowest BCUT2D eigenvalue weighted by atomic mass is 9.47. The Balaban J connectivity index is 1.47. The Morgan fingerprint density at radius 1 is 1.00 bits per heavy atom. The van der Waals surface area contributed by atoms with E-state index in [9.17, 15) is 4.79 Å². The van der Waals surface area contributed by atoms with Crippen molar-refractivity contribution in [3.8, 4) is 0 Å². The van der Waals surface area contributed by atoms with Crippen LogP contribution in [0.2, 0.25) is 0 Å². The van der Waals surface area contributed by atoms with Crippen LogP contribution in [0.1, 0.15) is 113 Å². The van der Waals surface area contributed by atoms with Gasteiger partial charge in [-0.3, -0.25) is 4.79 Å². The van der Waals surface area contributed by atoms with Crippen LogP contribution in [0.5, 0.6) is 0 Å². The molecular formula is C30H50O2. The van der Waals surface area contributed by atoms with Gasteiger partial charge in [-0.15, -0.1) is 0 Å². The number of carbonyl (C=O) groups is 1. The van der Waals surface area contributed by atoms with Crippen LogP contribution in [-0.2, 0) is 9.53 Å². The lowest BCUT2D eigenvalue weighted by molar-refractivity contribution is -0.152. The second-order valence-electron chi connectivity index (χ2n) is 13.3. The molecule has 2 heteroatoms. The zero-order valence-electron chi connectivity index (χ0n) is 22.1. The Bertz CT molecular complexity index is 722. The van der Waals surface area contributed by atoms with Gasteiger partial charge in [0, 0.05) is 6.92 Å². The van der Waals surface area contributed by atoms with Gasteiger partial charge in [-0.05, 0) is 104 Å². The van der Waals surface area contributed by atoms with Crippen LogP contribution in [-0.4, -0.2) is 12.1 Å². The third-order valence-corrected chi connectivity index (χ3v) is 11.3. The van der Waals surface area contributed by atoms with Crippen molar-refractivity contribution in [3.05, 3.63) is 11.6 Å². The fraction of sp³-hybridized carbons (Fsp3) is 0.900. The molecule has 9 atom stereocenters. The molecule has 0 aromatic rings. The molecule has 0 heterocycles. The third kappa shape index (κ3) is 4.22. The summed E-state index contributed by atoms with van der Waals surface area (Å²) in [4.78, 5) is 11.5. The van der Waals surface area contributed by atoms with Gasteiger partial charge in [0.15, 0.2) is 0 Å². The highest BCUT2D eigenvalue weighted by Crippen LogP contribution is 2.67. The van der Waals surface area contributed by atoms with Crippen molar-refractivity contribution in [1.29, 1.82) is 0 Å². The summed E-state index contributed by atoms with van der Waals surface area (Å²) in [6.45, 7) is 16.6. The molecule has 0 bridgehead atoms. The Hall–Kier alpha value is -0.790. The first-order valence-corrected chi connectivity index (χ1v) is 13.9. The number of fused-ring (bicyclic) bond motifs is 5. The molecule has 182 valence electrons. The number of allylic oxidation sites excluding steroid dienone is 2. The summed E-state index contributed by atoms with van der Waals surface area (Å²) in [7, 11) is 0. The molecule has 0 aliphatic heterocycles. The highest BCUT2D eigenvalue weighted by Gasteiger charge is 2.58. The molecule has 0 N–H and O–H groups in total. The highest BCUT2D eigenvalue weighted by atomic mass is 16.5. The smallest absolute Gasteiger partial charge is 0.302 e. The van der Waals surface area contributed by atoms with Crippen molar-refractivity contribution in [2.75, 3.05) is 0 Å². The molecule has 4 aliphatic rings. The molecule has 0 radical (unpaired) electrons. The zero-order valence-corrected chi connectivity index (χ0v) is 22.1. The molecule has 0 aromatic carbocycles. The Morgan fingerprint density at radius 2 is 1.69 bits per heavy atom. The number of rotatable bonds is 6. The molecule has 32 heavy (non-hydrogen) atoms. The SMILES string of the molecule is CC(=O)OC1CCC2(C)C3CCC4(C)C(CCC4[C@H](C)CCC(C)C(C)C)C3=CC[C@H]2C1. The van der Waals surface area contributed by atoms with E-state index in [1.54, 1.807) is 6.92 Å². The van der Waals surface area contributed by atoms with Crippen molar-refractivity contribution in [2.24, 2.45) is 52.3 Å². The van der Waals surface area contributed by atoms with Crippen molar-refractivity contribution < 1.29 is 9.53 Å². The average molecular weight is 443 g/mol. The first-order chi connectivity index (χ1) is 15.1. The van der Waals surface area contributed by atoms with Crippen molar-refractivity contribution in [3.63, 3.8) is 0 Å². The summed E-state index contributed by atoms with van der Waals surface area (Å²) < 4.78 is 5.64. The van der Waals surface area contributed by atoms with Gasteiger partial charge in [-0.2, -0.15) is 0 Å². The number of ether oxygens (including phenoxy) is 1. The van der Waals surface area contributed by atoms with E-state index in [2.05, 4.69) is 47.6 Å². The van der Waals surface area contributed by atoms with Crippen molar-refractivity contribution in [2.45, 2.75) is 119 Å². The van der Waals surface area contributed by atoms with E-state index in [1.165, 1.54) is 51.4 Å². The Morgan fingerprint density at radius 3 is 2.38 bits per heavy atom. The third-order valence-electron chi connectivity index (χ3n) is 11.3. The lowest BCUT2D eigenvalue weighted by Gasteiger charge is -2.58. The first-order valence-electron chi connectivity index (χ1n) is 13.9. The van der Waals surface area contributed by atoms with Gasteiger partial charge < -0.3 is 4.74 Å². The minimum atomic E-state index is -0.104. The van der Waals surface area contributed by atoms with Crippen LogP contribution in [0.3, 0.4) is 0 Å². The van der Waals surface area contributed by atoms with Crippen molar-refractivity contribution in [1.82, 2.24) is 0 Å². The summed E-state index contributed by atoms with van der Waals surface area (Å²) in [5.74, 6) is 5.58. The fourth-order valence-electron chi connectivity index (χ4n) is 8.85. The summed E-state index contributed by atoms with van der Waals surface area (Å²) in [5, 5.41) is 0. The predicted octanol–water partition coefficient (Wildman–Crippen LogP) is 8.21. The molecule has 2 nitrogen and oxygen atoms in total. The average Bonchev–Trinajstić information content (AvgIpc) is 3.08. The van der Waals surface area contributed by atoms with Gasteiger partial charge in [-0.1, -0.05) is 66.0 Å². The molecule has 4 aliphatic carbocycles. The Kier molecular flexibility index (Phi) is 6.92. The summed E-state index contributed by atoms with van der Waals surface area (Å²) in [6.07, 6.45) is 15.9. The Labute approximate surface area is 198 Å². The van der Waals surface area contributed by atoms with Crippen molar-refractivity contribution >= 4 is 5.97 Å². The highest BCUT2D eigenvalue weighted by molar-refractivity contribution is 5.66. The monoisotopic (exact) mass is 442 g/mol. The first kappa shape index (κ1) is 24.3. The molecule has 0 aromatic heterocycles. The van der Waals surface area contributed by atoms with Gasteiger partial charge in [0.25, 0.3) is 0 Å². The number of esters is 1. The second kappa shape index (κ2) is 9.10. The van der Waals surface area contributed by atoms with Crippen LogP contribution in [0.15, 0.2) is 11.6 Å². The van der Waals surface area contributed by atoms with E-state index in [-0.39, 0.29) is 12.1 Å². The standard InChI is InChI=1S/C30H50O2/c1-19(2)20(3)8-9-21(4)26-12-13-27-25-11-10-23-18-24(32-22(5)31)14-16-29(23,6)28(25)15-17-30(26,27)7/h11,19-21,23-24,26-28H,8-10,12-18H2,1-7H3/t20?,21-,23+,24?,26?,27?,28?,29?,30?/m1/s1. The summed E-state index contributed by atoms with van der Waals surface area (Å²) >= 11 is 0. The molecule has 0 spiro atoms. The second-order valence-corrected chi connectivity index (χ2v) is 13.3. The van der Waals surface area contributed by atoms with E-state index < -0.39 is 0 Å². The largest absolute Gasteiger partial charge is 0.463 e. The minimum absolute atomic E-state index is 0.104. The van der Waals surface area contributed by atoms with Crippen LogP contribution in [0.4, 0.5) is 0 Å². The zero-order chi connectivity index (χ0) is 23.3. The number of carbonyl (C=O) groups excluding carboxylic acids is 1. The van der Waals surface area contributed by atoms with E-state index in [0.717, 1.165) is 48.3 Å². The maximum absolute atomic E-state index is 11.5.